The van der Waals surface area contributed by atoms with Gasteiger partial charge in [-0.05, 0) is 25.0 Å². The van der Waals surface area contributed by atoms with Crippen LogP contribution in [0.5, 0.6) is 0 Å². The summed E-state index contributed by atoms with van der Waals surface area (Å²) in [7, 11) is 0. The van der Waals surface area contributed by atoms with Crippen molar-refractivity contribution in [1.29, 1.82) is 0 Å². The maximum Gasteiger partial charge on any atom is 0.325 e. The number of rotatable bonds is 6. The number of hydrogen-bond donors (Lipinski definition) is 1. The van der Waals surface area contributed by atoms with E-state index >= 15 is 0 Å². The fraction of sp³-hybridized carbons (Fsp3) is 0.381. The Morgan fingerprint density at radius 3 is 2.77 bits per heavy atom. The molecule has 0 atom stereocenters. The highest BCUT2D eigenvalue weighted by Gasteiger charge is 2.21. The first-order valence-corrected chi connectivity index (χ1v) is 10.9. The van der Waals surface area contributed by atoms with Gasteiger partial charge < -0.3 is 10.1 Å². The fourth-order valence-corrected chi connectivity index (χ4v) is 4.65. The number of amides is 1. The molecule has 1 fully saturated rings. The van der Waals surface area contributed by atoms with Gasteiger partial charge in [0.15, 0.2) is 0 Å². The largest absolute Gasteiger partial charge is 0.458 e. The van der Waals surface area contributed by atoms with E-state index in [1.54, 1.807) is 0 Å². The Balaban J connectivity index is 1.36. The number of nitrogens with one attached hydrogen (secondary N) is 1. The first kappa shape index (κ1) is 21.1. The summed E-state index contributed by atoms with van der Waals surface area (Å²) in [6.45, 7) is -0.641. The van der Waals surface area contributed by atoms with Gasteiger partial charge in [-0.2, -0.15) is 9.61 Å². The Hall–Kier alpha value is -3.14. The van der Waals surface area contributed by atoms with E-state index < -0.39 is 24.2 Å². The molecule has 0 spiro atoms. The average Bonchev–Trinajstić information content (AvgIpc) is 3.22. The number of aromatic nitrogens is 3. The van der Waals surface area contributed by atoms with Crippen LogP contribution < -0.4 is 10.9 Å². The summed E-state index contributed by atoms with van der Waals surface area (Å²) in [6, 6.07) is 6.75. The van der Waals surface area contributed by atoms with Gasteiger partial charge in [-0.25, -0.2) is 9.37 Å². The average molecular weight is 444 g/mol. The van der Waals surface area contributed by atoms with Crippen molar-refractivity contribution in [3.8, 4) is 0 Å². The van der Waals surface area contributed by atoms with Crippen LogP contribution in [-0.2, 0) is 16.1 Å². The summed E-state index contributed by atoms with van der Waals surface area (Å²) < 4.78 is 20.0. The SMILES string of the molecule is O=C(CNC(=O)c1ccccc1F)OCc1cc(=O)n2nc(C3CCCCC3)sc2n1. The van der Waals surface area contributed by atoms with E-state index in [0.29, 0.717) is 16.6 Å². The summed E-state index contributed by atoms with van der Waals surface area (Å²) in [5.41, 5.74) is -0.186. The van der Waals surface area contributed by atoms with Gasteiger partial charge >= 0.3 is 5.97 Å². The topological polar surface area (TPSA) is 103 Å². The lowest BCUT2D eigenvalue weighted by molar-refractivity contribution is -0.143. The lowest BCUT2D eigenvalue weighted by Crippen LogP contribution is -2.31. The Bertz CT molecular complexity index is 1170. The van der Waals surface area contributed by atoms with Gasteiger partial charge in [0.1, 0.15) is 24.0 Å². The van der Waals surface area contributed by atoms with Crippen LogP contribution in [0.1, 0.15) is 59.1 Å². The van der Waals surface area contributed by atoms with Crippen molar-refractivity contribution in [2.45, 2.75) is 44.6 Å². The fourth-order valence-electron chi connectivity index (χ4n) is 3.56. The third-order valence-corrected chi connectivity index (χ3v) is 6.23. The third-order valence-electron chi connectivity index (χ3n) is 5.16. The van der Waals surface area contributed by atoms with Gasteiger partial charge in [-0.3, -0.25) is 14.4 Å². The molecule has 162 valence electrons. The van der Waals surface area contributed by atoms with Crippen molar-refractivity contribution in [1.82, 2.24) is 19.9 Å². The van der Waals surface area contributed by atoms with Crippen LogP contribution in [0.4, 0.5) is 4.39 Å². The second-order valence-electron chi connectivity index (χ2n) is 7.38. The molecule has 8 nitrogen and oxygen atoms in total. The molecule has 0 radical (unpaired) electrons. The second-order valence-corrected chi connectivity index (χ2v) is 8.37. The summed E-state index contributed by atoms with van der Waals surface area (Å²) in [5, 5.41) is 7.65. The molecule has 0 aliphatic heterocycles. The number of esters is 1. The van der Waals surface area contributed by atoms with E-state index in [4.69, 9.17) is 4.74 Å². The van der Waals surface area contributed by atoms with E-state index in [0.717, 1.165) is 36.8 Å². The number of carbonyl (C=O) groups is 2. The van der Waals surface area contributed by atoms with Crippen LogP contribution in [0.25, 0.3) is 4.96 Å². The van der Waals surface area contributed by atoms with E-state index in [9.17, 15) is 18.8 Å². The predicted molar refractivity (Wildman–Crippen MR) is 111 cm³/mol. The van der Waals surface area contributed by atoms with Gasteiger partial charge in [-0.1, -0.05) is 42.7 Å². The first-order chi connectivity index (χ1) is 15.0. The van der Waals surface area contributed by atoms with Crippen molar-refractivity contribution < 1.29 is 18.7 Å². The van der Waals surface area contributed by atoms with Crippen molar-refractivity contribution in [2.75, 3.05) is 6.54 Å². The van der Waals surface area contributed by atoms with Crippen LogP contribution >= 0.6 is 11.3 Å². The molecule has 4 rings (SSSR count). The first-order valence-electron chi connectivity index (χ1n) is 10.1. The summed E-state index contributed by atoms with van der Waals surface area (Å²) >= 11 is 1.39. The van der Waals surface area contributed by atoms with Crippen molar-refractivity contribution in [3.63, 3.8) is 0 Å². The number of fused-ring (bicyclic) bond motifs is 1. The molecule has 31 heavy (non-hydrogen) atoms. The minimum atomic E-state index is -0.723. The highest BCUT2D eigenvalue weighted by Crippen LogP contribution is 2.34. The van der Waals surface area contributed by atoms with Crippen LogP contribution in [0.15, 0.2) is 35.1 Å². The quantitative estimate of drug-likeness (QED) is 0.587. The van der Waals surface area contributed by atoms with Crippen molar-refractivity contribution >= 4 is 28.2 Å². The molecule has 1 amide bonds. The lowest BCUT2D eigenvalue weighted by Gasteiger charge is -2.18. The molecule has 1 N–H and O–H groups in total. The molecule has 0 saturated heterocycles. The van der Waals surface area contributed by atoms with E-state index in [-0.39, 0.29) is 17.7 Å². The molecule has 0 bridgehead atoms. The van der Waals surface area contributed by atoms with Gasteiger partial charge in [0, 0.05) is 12.0 Å². The Morgan fingerprint density at radius 2 is 2.00 bits per heavy atom. The number of benzene rings is 1. The highest BCUT2D eigenvalue weighted by atomic mass is 32.1. The number of nitrogens with zero attached hydrogens (tertiary/aromatic N) is 3. The van der Waals surface area contributed by atoms with Crippen LogP contribution in [0.2, 0.25) is 0 Å². The molecule has 1 saturated carbocycles. The van der Waals surface area contributed by atoms with Crippen molar-refractivity contribution in [2.24, 2.45) is 0 Å². The van der Waals surface area contributed by atoms with Crippen LogP contribution in [0, 0.1) is 5.82 Å². The van der Waals surface area contributed by atoms with E-state index in [2.05, 4.69) is 15.4 Å². The number of halogens is 1. The predicted octanol–water partition coefficient (Wildman–Crippen LogP) is 2.81. The molecular formula is C21H21FN4O4S. The molecule has 2 aromatic heterocycles. The zero-order valence-corrected chi connectivity index (χ0v) is 17.5. The number of ether oxygens (including phenoxy) is 1. The molecule has 3 aromatic rings. The lowest BCUT2D eigenvalue weighted by atomic mass is 9.90. The van der Waals surface area contributed by atoms with Gasteiger partial charge in [0.05, 0.1) is 11.3 Å². The summed E-state index contributed by atoms with van der Waals surface area (Å²) in [6.07, 6.45) is 5.69. The monoisotopic (exact) mass is 444 g/mol. The van der Waals surface area contributed by atoms with Crippen LogP contribution in [0.3, 0.4) is 0 Å². The summed E-state index contributed by atoms with van der Waals surface area (Å²) in [4.78, 5) is 41.1. The Kier molecular flexibility index (Phi) is 6.36. The Morgan fingerprint density at radius 1 is 1.23 bits per heavy atom. The Labute approximate surface area is 181 Å². The molecule has 0 unspecified atom stereocenters. The van der Waals surface area contributed by atoms with Gasteiger partial charge in [0.25, 0.3) is 11.5 Å². The van der Waals surface area contributed by atoms with Crippen LogP contribution in [-0.4, -0.2) is 33.0 Å². The molecule has 1 aromatic carbocycles. The molecule has 2 heterocycles. The normalized spacial score (nSPS) is 14.5. The number of hydrogen-bond acceptors (Lipinski definition) is 7. The highest BCUT2D eigenvalue weighted by molar-refractivity contribution is 7.16. The third kappa shape index (κ3) is 4.96. The van der Waals surface area contributed by atoms with Gasteiger partial charge in [-0.15, -0.1) is 0 Å². The van der Waals surface area contributed by atoms with E-state index in [1.807, 2.05) is 0 Å². The zero-order chi connectivity index (χ0) is 21.8. The molecule has 1 aliphatic rings. The summed E-state index contributed by atoms with van der Waals surface area (Å²) in [5.74, 6) is -1.76. The minimum absolute atomic E-state index is 0.158. The molecule has 10 heteroatoms. The molecule has 1 aliphatic carbocycles. The van der Waals surface area contributed by atoms with E-state index in [1.165, 1.54) is 46.5 Å². The minimum Gasteiger partial charge on any atom is -0.458 e. The zero-order valence-electron chi connectivity index (χ0n) is 16.7. The smallest absolute Gasteiger partial charge is 0.325 e. The van der Waals surface area contributed by atoms with Crippen molar-refractivity contribution in [3.05, 3.63) is 62.8 Å². The van der Waals surface area contributed by atoms with Gasteiger partial charge in [0.2, 0.25) is 4.96 Å². The standard InChI is InChI=1S/C21H21FN4O4S/c22-16-9-5-4-8-15(16)19(29)23-11-18(28)30-12-14-10-17(27)26-21(24-14)31-20(25-26)13-6-2-1-3-7-13/h4-5,8-10,13H,1-3,6-7,11-12H2,(H,23,29). The second kappa shape index (κ2) is 9.34. The number of carbonyl (C=O) groups excluding carboxylic acids is 2. The maximum atomic E-state index is 13.6. The molecular weight excluding hydrogens is 423 g/mol. The maximum absolute atomic E-state index is 13.6.